The summed E-state index contributed by atoms with van der Waals surface area (Å²) in [6.45, 7) is 4.70. The number of carbonyl (C=O) groups is 1. The summed E-state index contributed by atoms with van der Waals surface area (Å²) in [6.07, 6.45) is 5.35. The van der Waals surface area contributed by atoms with Crippen molar-refractivity contribution in [2.75, 3.05) is 5.32 Å². The molecule has 1 aliphatic carbocycles. The highest BCUT2D eigenvalue weighted by molar-refractivity contribution is 5.76. The van der Waals surface area contributed by atoms with Gasteiger partial charge in [0.25, 0.3) is 0 Å². The fraction of sp³-hybridized carbons (Fsp3) is 0.562. The van der Waals surface area contributed by atoms with Crippen LogP contribution in [0, 0.1) is 5.41 Å². The van der Waals surface area contributed by atoms with Crippen LogP contribution < -0.4 is 11.1 Å². The molecule has 0 bridgehead atoms. The number of nitrogens with two attached hydrogens (primary N) is 1. The SMILES string of the molecule is CC1(C)CCC(Nc2ccc(CC(N)=O)cc2)CC1. The Morgan fingerprint density at radius 3 is 2.37 bits per heavy atom. The van der Waals surface area contributed by atoms with E-state index >= 15 is 0 Å². The maximum atomic E-state index is 10.8. The Morgan fingerprint density at radius 2 is 1.84 bits per heavy atom. The molecule has 0 aliphatic heterocycles. The first kappa shape index (κ1) is 13.9. The van der Waals surface area contributed by atoms with Gasteiger partial charge in [-0.3, -0.25) is 4.79 Å². The highest BCUT2D eigenvalue weighted by atomic mass is 16.1. The third kappa shape index (κ3) is 4.27. The lowest BCUT2D eigenvalue weighted by atomic mass is 9.75. The minimum absolute atomic E-state index is 0.282. The molecule has 19 heavy (non-hydrogen) atoms. The lowest BCUT2D eigenvalue weighted by molar-refractivity contribution is -0.117. The lowest BCUT2D eigenvalue weighted by Crippen LogP contribution is -2.29. The van der Waals surface area contributed by atoms with Crippen LogP contribution in [0.25, 0.3) is 0 Å². The molecule has 1 aromatic carbocycles. The molecule has 1 amide bonds. The van der Waals surface area contributed by atoms with Crippen LogP contribution >= 0.6 is 0 Å². The number of rotatable bonds is 4. The van der Waals surface area contributed by atoms with Crippen LogP contribution in [0.4, 0.5) is 5.69 Å². The molecule has 1 fully saturated rings. The van der Waals surface area contributed by atoms with Gasteiger partial charge in [0.15, 0.2) is 0 Å². The number of primary amides is 1. The standard InChI is InChI=1S/C16H24N2O/c1-16(2)9-7-14(8-10-16)18-13-5-3-12(4-6-13)11-15(17)19/h3-6,14,18H,7-11H2,1-2H3,(H2,17,19). The minimum atomic E-state index is -0.282. The zero-order chi connectivity index (χ0) is 13.9. The highest BCUT2D eigenvalue weighted by Gasteiger charge is 2.26. The molecule has 2 rings (SSSR count). The number of carbonyl (C=O) groups excluding carboxylic acids is 1. The Kier molecular flexibility index (Phi) is 4.13. The van der Waals surface area contributed by atoms with Crippen LogP contribution in [0.2, 0.25) is 0 Å². The molecule has 3 N–H and O–H groups in total. The van der Waals surface area contributed by atoms with Crippen molar-refractivity contribution in [3.8, 4) is 0 Å². The molecule has 0 unspecified atom stereocenters. The highest BCUT2D eigenvalue weighted by Crippen LogP contribution is 2.36. The third-order valence-electron chi connectivity index (χ3n) is 4.04. The van der Waals surface area contributed by atoms with Crippen molar-refractivity contribution in [1.82, 2.24) is 0 Å². The first-order chi connectivity index (χ1) is 8.94. The summed E-state index contributed by atoms with van der Waals surface area (Å²) in [4.78, 5) is 10.8. The summed E-state index contributed by atoms with van der Waals surface area (Å²) in [5.41, 5.74) is 7.80. The van der Waals surface area contributed by atoms with E-state index in [1.165, 1.54) is 25.7 Å². The van der Waals surface area contributed by atoms with Crippen molar-refractivity contribution in [1.29, 1.82) is 0 Å². The Hall–Kier alpha value is -1.51. The van der Waals surface area contributed by atoms with Crippen LogP contribution in [0.5, 0.6) is 0 Å². The summed E-state index contributed by atoms with van der Waals surface area (Å²) in [5.74, 6) is -0.282. The summed E-state index contributed by atoms with van der Waals surface area (Å²) in [7, 11) is 0. The quantitative estimate of drug-likeness (QED) is 0.874. The molecule has 0 aromatic heterocycles. The second-order valence-corrected chi connectivity index (χ2v) is 6.42. The molecule has 3 nitrogen and oxygen atoms in total. The van der Waals surface area contributed by atoms with E-state index in [9.17, 15) is 4.79 Å². The van der Waals surface area contributed by atoms with Gasteiger partial charge < -0.3 is 11.1 Å². The van der Waals surface area contributed by atoms with Gasteiger partial charge in [-0.25, -0.2) is 0 Å². The molecule has 1 saturated carbocycles. The van der Waals surface area contributed by atoms with E-state index in [1.807, 2.05) is 24.3 Å². The van der Waals surface area contributed by atoms with Gasteiger partial charge in [-0.2, -0.15) is 0 Å². The van der Waals surface area contributed by atoms with Crippen molar-refractivity contribution < 1.29 is 4.79 Å². The number of benzene rings is 1. The van der Waals surface area contributed by atoms with Crippen molar-refractivity contribution in [2.24, 2.45) is 11.1 Å². The molecule has 0 atom stereocenters. The fourth-order valence-corrected chi connectivity index (χ4v) is 2.70. The largest absolute Gasteiger partial charge is 0.382 e. The van der Waals surface area contributed by atoms with Crippen LogP contribution in [0.15, 0.2) is 24.3 Å². The maximum absolute atomic E-state index is 10.8. The van der Waals surface area contributed by atoms with E-state index in [-0.39, 0.29) is 5.91 Å². The number of amides is 1. The first-order valence-corrected chi connectivity index (χ1v) is 7.08. The van der Waals surface area contributed by atoms with Crippen LogP contribution in [0.1, 0.15) is 45.1 Å². The summed E-state index contributed by atoms with van der Waals surface area (Å²) < 4.78 is 0. The number of nitrogens with one attached hydrogen (secondary N) is 1. The predicted molar refractivity (Wildman–Crippen MR) is 79.0 cm³/mol. The normalized spacial score (nSPS) is 19.1. The van der Waals surface area contributed by atoms with Crippen molar-refractivity contribution in [3.05, 3.63) is 29.8 Å². The van der Waals surface area contributed by atoms with E-state index in [2.05, 4.69) is 19.2 Å². The average Bonchev–Trinajstić information content (AvgIpc) is 2.34. The monoisotopic (exact) mass is 260 g/mol. The molecule has 0 heterocycles. The van der Waals surface area contributed by atoms with Gasteiger partial charge in [-0.05, 0) is 48.8 Å². The Morgan fingerprint density at radius 1 is 1.26 bits per heavy atom. The maximum Gasteiger partial charge on any atom is 0.221 e. The summed E-state index contributed by atoms with van der Waals surface area (Å²) in [5, 5.41) is 3.58. The van der Waals surface area contributed by atoms with Gasteiger partial charge in [-0.1, -0.05) is 26.0 Å². The number of hydrogen-bond donors (Lipinski definition) is 2. The van der Waals surface area contributed by atoms with Gasteiger partial charge in [0.05, 0.1) is 6.42 Å². The number of anilines is 1. The first-order valence-electron chi connectivity index (χ1n) is 7.08. The lowest BCUT2D eigenvalue weighted by Gasteiger charge is -2.35. The van der Waals surface area contributed by atoms with Gasteiger partial charge in [-0.15, -0.1) is 0 Å². The van der Waals surface area contributed by atoms with Crippen LogP contribution in [-0.2, 0) is 11.2 Å². The molecule has 3 heteroatoms. The van der Waals surface area contributed by atoms with Gasteiger partial charge in [0.1, 0.15) is 0 Å². The van der Waals surface area contributed by atoms with Gasteiger partial charge in [0, 0.05) is 11.7 Å². The molecule has 1 aromatic rings. The molecule has 0 radical (unpaired) electrons. The molecule has 104 valence electrons. The number of hydrogen-bond acceptors (Lipinski definition) is 2. The van der Waals surface area contributed by atoms with Crippen LogP contribution in [-0.4, -0.2) is 11.9 Å². The van der Waals surface area contributed by atoms with E-state index < -0.39 is 0 Å². The minimum Gasteiger partial charge on any atom is -0.382 e. The zero-order valence-electron chi connectivity index (χ0n) is 11.9. The topological polar surface area (TPSA) is 55.1 Å². The summed E-state index contributed by atoms with van der Waals surface area (Å²) in [6, 6.07) is 8.60. The Balaban J connectivity index is 1.88. The van der Waals surface area contributed by atoms with E-state index in [1.54, 1.807) is 0 Å². The molecule has 1 aliphatic rings. The third-order valence-corrected chi connectivity index (χ3v) is 4.04. The second-order valence-electron chi connectivity index (χ2n) is 6.42. The van der Waals surface area contributed by atoms with Crippen LogP contribution in [0.3, 0.4) is 0 Å². The summed E-state index contributed by atoms with van der Waals surface area (Å²) >= 11 is 0. The molecule has 0 spiro atoms. The predicted octanol–water partition coefficient (Wildman–Crippen LogP) is 3.10. The fourth-order valence-electron chi connectivity index (χ4n) is 2.70. The smallest absolute Gasteiger partial charge is 0.221 e. The van der Waals surface area contributed by atoms with E-state index in [4.69, 9.17) is 5.73 Å². The van der Waals surface area contributed by atoms with E-state index in [0.717, 1.165) is 11.3 Å². The molecular formula is C16H24N2O. The average molecular weight is 260 g/mol. The Bertz CT molecular complexity index is 427. The molecular weight excluding hydrogens is 236 g/mol. The van der Waals surface area contributed by atoms with Crippen molar-refractivity contribution >= 4 is 11.6 Å². The molecule has 0 saturated heterocycles. The van der Waals surface area contributed by atoms with Crippen molar-refractivity contribution in [3.63, 3.8) is 0 Å². The van der Waals surface area contributed by atoms with E-state index in [0.29, 0.717) is 17.9 Å². The second kappa shape index (κ2) is 5.64. The van der Waals surface area contributed by atoms with Gasteiger partial charge in [0.2, 0.25) is 5.91 Å². The Labute approximate surface area is 115 Å². The zero-order valence-corrected chi connectivity index (χ0v) is 11.9. The van der Waals surface area contributed by atoms with Gasteiger partial charge >= 0.3 is 0 Å². The van der Waals surface area contributed by atoms with Crippen molar-refractivity contribution in [2.45, 2.75) is 52.0 Å².